The van der Waals surface area contributed by atoms with Gasteiger partial charge in [-0.15, -0.1) is 0 Å². The molecule has 110 valence electrons. The van der Waals surface area contributed by atoms with Gasteiger partial charge in [0.25, 0.3) is 5.91 Å². The number of pyridine rings is 1. The predicted octanol–water partition coefficient (Wildman–Crippen LogP) is 2.23. The van der Waals surface area contributed by atoms with Crippen LogP contribution in [0, 0.1) is 0 Å². The van der Waals surface area contributed by atoms with E-state index >= 15 is 0 Å². The standard InChI is InChI=1S/C13H17ClN2O3S/c1-3-9-6-8(7-11(14)15-9)12(17)16-10(13(18)19)4-5-20-2/h6-7,10H,3-5H2,1-2H3,(H,16,17)(H,18,19)/t10-/m0/s1. The molecule has 1 aromatic rings. The summed E-state index contributed by atoms with van der Waals surface area (Å²) < 4.78 is 0. The van der Waals surface area contributed by atoms with Gasteiger partial charge in [0.15, 0.2) is 0 Å². The molecule has 0 aliphatic carbocycles. The zero-order chi connectivity index (χ0) is 15.1. The molecule has 20 heavy (non-hydrogen) atoms. The van der Waals surface area contributed by atoms with Crippen molar-refractivity contribution in [3.8, 4) is 0 Å². The van der Waals surface area contributed by atoms with E-state index < -0.39 is 17.9 Å². The van der Waals surface area contributed by atoms with Crippen LogP contribution in [0.15, 0.2) is 12.1 Å². The Hall–Kier alpha value is -1.27. The van der Waals surface area contributed by atoms with Crippen molar-refractivity contribution in [2.45, 2.75) is 25.8 Å². The summed E-state index contributed by atoms with van der Waals surface area (Å²) in [6.07, 6.45) is 2.91. The van der Waals surface area contributed by atoms with Crippen LogP contribution in [0.25, 0.3) is 0 Å². The van der Waals surface area contributed by atoms with Crippen LogP contribution >= 0.6 is 23.4 Å². The fraction of sp³-hybridized carbons (Fsp3) is 0.462. The molecule has 5 nitrogen and oxygen atoms in total. The van der Waals surface area contributed by atoms with Gasteiger partial charge in [-0.25, -0.2) is 9.78 Å². The lowest BCUT2D eigenvalue weighted by Crippen LogP contribution is -2.41. The van der Waals surface area contributed by atoms with Gasteiger partial charge in [-0.3, -0.25) is 4.79 Å². The number of thioether (sulfide) groups is 1. The van der Waals surface area contributed by atoms with Crippen LogP contribution in [0.4, 0.5) is 0 Å². The Balaban J connectivity index is 2.83. The van der Waals surface area contributed by atoms with Gasteiger partial charge < -0.3 is 10.4 Å². The number of hydrogen-bond donors (Lipinski definition) is 2. The number of carbonyl (C=O) groups is 2. The highest BCUT2D eigenvalue weighted by Crippen LogP contribution is 2.12. The number of nitrogens with zero attached hydrogens (tertiary/aromatic N) is 1. The van der Waals surface area contributed by atoms with E-state index in [4.69, 9.17) is 16.7 Å². The molecule has 0 bridgehead atoms. The molecule has 0 saturated heterocycles. The number of aliphatic carboxylic acids is 1. The summed E-state index contributed by atoms with van der Waals surface area (Å²) in [5, 5.41) is 11.8. The van der Waals surface area contributed by atoms with Gasteiger partial charge in [-0.1, -0.05) is 18.5 Å². The van der Waals surface area contributed by atoms with Crippen molar-refractivity contribution in [2.75, 3.05) is 12.0 Å². The van der Waals surface area contributed by atoms with Crippen LogP contribution in [-0.4, -0.2) is 40.0 Å². The van der Waals surface area contributed by atoms with E-state index in [1.54, 1.807) is 6.07 Å². The van der Waals surface area contributed by atoms with Crippen molar-refractivity contribution in [1.82, 2.24) is 10.3 Å². The highest BCUT2D eigenvalue weighted by Gasteiger charge is 2.20. The van der Waals surface area contributed by atoms with Gasteiger partial charge in [0.05, 0.1) is 0 Å². The zero-order valence-corrected chi connectivity index (χ0v) is 12.9. The summed E-state index contributed by atoms with van der Waals surface area (Å²) >= 11 is 7.38. The Morgan fingerprint density at radius 2 is 2.20 bits per heavy atom. The van der Waals surface area contributed by atoms with Gasteiger partial charge >= 0.3 is 5.97 Å². The maximum absolute atomic E-state index is 12.1. The lowest BCUT2D eigenvalue weighted by molar-refractivity contribution is -0.139. The minimum atomic E-state index is -1.04. The molecule has 0 unspecified atom stereocenters. The quantitative estimate of drug-likeness (QED) is 0.754. The summed E-state index contributed by atoms with van der Waals surface area (Å²) in [5.74, 6) is -0.824. The SMILES string of the molecule is CCc1cc(C(=O)N[C@@H](CCSC)C(=O)O)cc(Cl)n1. The number of rotatable bonds is 7. The van der Waals surface area contributed by atoms with Crippen LogP contribution in [0.3, 0.4) is 0 Å². The predicted molar refractivity (Wildman–Crippen MR) is 80.5 cm³/mol. The second-order valence-corrected chi connectivity index (χ2v) is 5.54. The first kappa shape index (κ1) is 16.8. The first-order chi connectivity index (χ1) is 9.47. The van der Waals surface area contributed by atoms with Crippen molar-refractivity contribution < 1.29 is 14.7 Å². The minimum absolute atomic E-state index is 0.227. The Morgan fingerprint density at radius 3 is 2.75 bits per heavy atom. The number of aromatic nitrogens is 1. The molecule has 0 aromatic carbocycles. The number of carboxylic acids is 1. The number of carboxylic acid groups (broad SMARTS) is 1. The zero-order valence-electron chi connectivity index (χ0n) is 11.4. The molecule has 1 amide bonds. The molecule has 0 saturated carbocycles. The number of hydrogen-bond acceptors (Lipinski definition) is 4. The third-order valence-corrected chi connectivity index (χ3v) is 3.52. The molecule has 7 heteroatoms. The normalized spacial score (nSPS) is 11.9. The lowest BCUT2D eigenvalue weighted by Gasteiger charge is -2.14. The van der Waals surface area contributed by atoms with Gasteiger partial charge in [-0.05, 0) is 37.0 Å². The topological polar surface area (TPSA) is 79.3 Å². The summed E-state index contributed by atoms with van der Waals surface area (Å²) in [6.45, 7) is 1.90. The number of amides is 1. The first-order valence-corrected chi connectivity index (χ1v) is 7.94. The fourth-order valence-electron chi connectivity index (χ4n) is 1.60. The molecule has 0 radical (unpaired) electrons. The average Bonchev–Trinajstić information content (AvgIpc) is 2.42. The Bertz CT molecular complexity index is 497. The van der Waals surface area contributed by atoms with Crippen molar-refractivity contribution in [3.05, 3.63) is 28.5 Å². The third-order valence-electron chi connectivity index (χ3n) is 2.69. The van der Waals surface area contributed by atoms with E-state index in [0.717, 1.165) is 0 Å². The second kappa shape index (κ2) is 8.11. The van der Waals surface area contributed by atoms with Crippen LogP contribution in [0.1, 0.15) is 29.4 Å². The number of aryl methyl sites for hydroxylation is 1. The Morgan fingerprint density at radius 1 is 1.50 bits per heavy atom. The Labute approximate surface area is 127 Å². The van der Waals surface area contributed by atoms with E-state index in [-0.39, 0.29) is 5.15 Å². The van der Waals surface area contributed by atoms with Gasteiger partial charge in [0.1, 0.15) is 11.2 Å². The van der Waals surface area contributed by atoms with E-state index in [1.165, 1.54) is 17.8 Å². The molecular formula is C13H17ClN2O3S. The van der Waals surface area contributed by atoms with E-state index in [0.29, 0.717) is 29.9 Å². The molecule has 1 rings (SSSR count). The van der Waals surface area contributed by atoms with E-state index in [2.05, 4.69) is 10.3 Å². The molecule has 0 spiro atoms. The summed E-state index contributed by atoms with van der Waals surface area (Å²) in [5.41, 5.74) is 1.02. The molecule has 1 heterocycles. The largest absolute Gasteiger partial charge is 0.480 e. The summed E-state index contributed by atoms with van der Waals surface area (Å²) in [6, 6.07) is 2.16. The van der Waals surface area contributed by atoms with E-state index in [1.807, 2.05) is 13.2 Å². The fourth-order valence-corrected chi connectivity index (χ4v) is 2.30. The van der Waals surface area contributed by atoms with Crippen molar-refractivity contribution in [2.24, 2.45) is 0 Å². The molecule has 2 N–H and O–H groups in total. The molecule has 1 aromatic heterocycles. The number of nitrogens with one attached hydrogen (secondary N) is 1. The minimum Gasteiger partial charge on any atom is -0.480 e. The van der Waals surface area contributed by atoms with E-state index in [9.17, 15) is 9.59 Å². The Kier molecular flexibility index (Phi) is 6.81. The highest BCUT2D eigenvalue weighted by atomic mass is 35.5. The first-order valence-electron chi connectivity index (χ1n) is 6.17. The van der Waals surface area contributed by atoms with Crippen LogP contribution in [0.5, 0.6) is 0 Å². The monoisotopic (exact) mass is 316 g/mol. The van der Waals surface area contributed by atoms with Crippen molar-refractivity contribution >= 4 is 35.2 Å². The highest BCUT2D eigenvalue weighted by molar-refractivity contribution is 7.98. The summed E-state index contributed by atoms with van der Waals surface area (Å²) in [4.78, 5) is 27.2. The molecular weight excluding hydrogens is 300 g/mol. The maximum Gasteiger partial charge on any atom is 0.326 e. The van der Waals surface area contributed by atoms with Crippen LogP contribution < -0.4 is 5.32 Å². The molecule has 0 fully saturated rings. The van der Waals surface area contributed by atoms with Crippen LogP contribution in [-0.2, 0) is 11.2 Å². The lowest BCUT2D eigenvalue weighted by atomic mass is 10.1. The van der Waals surface area contributed by atoms with Gasteiger partial charge in [-0.2, -0.15) is 11.8 Å². The van der Waals surface area contributed by atoms with Crippen LogP contribution in [0.2, 0.25) is 5.15 Å². The second-order valence-electron chi connectivity index (χ2n) is 4.17. The van der Waals surface area contributed by atoms with Crippen molar-refractivity contribution in [1.29, 1.82) is 0 Å². The van der Waals surface area contributed by atoms with Gasteiger partial charge in [0.2, 0.25) is 0 Å². The summed E-state index contributed by atoms with van der Waals surface area (Å²) in [7, 11) is 0. The third kappa shape index (κ3) is 5.02. The smallest absolute Gasteiger partial charge is 0.326 e. The van der Waals surface area contributed by atoms with Crippen molar-refractivity contribution in [3.63, 3.8) is 0 Å². The molecule has 0 aliphatic rings. The molecule has 0 aliphatic heterocycles. The number of halogens is 1. The number of carbonyl (C=O) groups excluding carboxylic acids is 1. The van der Waals surface area contributed by atoms with Gasteiger partial charge in [0, 0.05) is 11.3 Å². The molecule has 1 atom stereocenters. The average molecular weight is 317 g/mol. The maximum atomic E-state index is 12.1.